The molecule has 114 valence electrons. The fourth-order valence-corrected chi connectivity index (χ4v) is 3.58. The van der Waals surface area contributed by atoms with Crippen LogP contribution in [0.2, 0.25) is 0 Å². The number of aliphatic carboxylic acids is 1. The van der Waals surface area contributed by atoms with Crippen LogP contribution in [0.3, 0.4) is 0 Å². The highest BCUT2D eigenvalue weighted by Gasteiger charge is 2.41. The van der Waals surface area contributed by atoms with Gasteiger partial charge < -0.3 is 16.2 Å². The Morgan fingerprint density at radius 3 is 2.25 bits per heavy atom. The highest BCUT2D eigenvalue weighted by atomic mass is 16.4. The van der Waals surface area contributed by atoms with E-state index in [9.17, 15) is 14.7 Å². The number of rotatable bonds is 5. The smallest absolute Gasteiger partial charge is 0.311 e. The number of carboxylic acids is 1. The van der Waals surface area contributed by atoms with E-state index in [1.807, 2.05) is 0 Å². The SMILES string of the molecule is NCC1CCC(C(=O)NCC2(C(=O)O)CCCC2)CC1. The lowest BCUT2D eigenvalue weighted by atomic mass is 9.81. The summed E-state index contributed by atoms with van der Waals surface area (Å²) in [7, 11) is 0. The van der Waals surface area contributed by atoms with Crippen molar-refractivity contribution < 1.29 is 14.7 Å². The van der Waals surface area contributed by atoms with Gasteiger partial charge in [-0.2, -0.15) is 0 Å². The molecule has 0 aromatic carbocycles. The first-order valence-corrected chi connectivity index (χ1v) is 7.78. The Bertz CT molecular complexity index is 356. The van der Waals surface area contributed by atoms with Crippen LogP contribution >= 0.6 is 0 Å². The molecule has 1 amide bonds. The van der Waals surface area contributed by atoms with E-state index in [1.165, 1.54) is 0 Å². The normalized spacial score (nSPS) is 29.1. The van der Waals surface area contributed by atoms with Crippen LogP contribution in [-0.2, 0) is 9.59 Å². The molecule has 2 fully saturated rings. The van der Waals surface area contributed by atoms with Crippen molar-refractivity contribution in [1.82, 2.24) is 5.32 Å². The number of nitrogens with two attached hydrogens (primary N) is 1. The van der Waals surface area contributed by atoms with Gasteiger partial charge in [0.25, 0.3) is 0 Å². The Kier molecular flexibility index (Phi) is 5.02. The molecule has 0 bridgehead atoms. The van der Waals surface area contributed by atoms with Gasteiger partial charge in [-0.15, -0.1) is 0 Å². The average molecular weight is 282 g/mol. The minimum Gasteiger partial charge on any atom is -0.481 e. The summed E-state index contributed by atoms with van der Waals surface area (Å²) in [5.74, 6) is -0.126. The Morgan fingerprint density at radius 2 is 1.75 bits per heavy atom. The molecular weight excluding hydrogens is 256 g/mol. The molecule has 4 N–H and O–H groups in total. The van der Waals surface area contributed by atoms with Crippen molar-refractivity contribution in [3.63, 3.8) is 0 Å². The van der Waals surface area contributed by atoms with Crippen LogP contribution in [0, 0.1) is 17.3 Å². The van der Waals surface area contributed by atoms with Gasteiger partial charge in [0.2, 0.25) is 5.91 Å². The Hall–Kier alpha value is -1.10. The van der Waals surface area contributed by atoms with Crippen LogP contribution in [0.25, 0.3) is 0 Å². The summed E-state index contributed by atoms with van der Waals surface area (Å²) < 4.78 is 0. The highest BCUT2D eigenvalue weighted by molar-refractivity contribution is 5.81. The number of carboxylic acid groups (broad SMARTS) is 1. The quantitative estimate of drug-likeness (QED) is 0.712. The first-order chi connectivity index (χ1) is 9.57. The zero-order valence-electron chi connectivity index (χ0n) is 12.1. The van der Waals surface area contributed by atoms with E-state index in [1.54, 1.807) is 0 Å². The van der Waals surface area contributed by atoms with Crippen LogP contribution in [0.5, 0.6) is 0 Å². The molecule has 0 aromatic rings. The monoisotopic (exact) mass is 282 g/mol. The molecule has 2 aliphatic rings. The first kappa shape index (κ1) is 15.3. The molecule has 5 nitrogen and oxygen atoms in total. The molecule has 2 saturated carbocycles. The molecule has 0 atom stereocenters. The molecular formula is C15H26N2O3. The number of carbonyl (C=O) groups is 2. The van der Waals surface area contributed by atoms with Crippen LogP contribution in [0.1, 0.15) is 51.4 Å². The van der Waals surface area contributed by atoms with E-state index in [0.717, 1.165) is 38.5 Å². The summed E-state index contributed by atoms with van der Waals surface area (Å²) in [6.07, 6.45) is 7.05. The van der Waals surface area contributed by atoms with Gasteiger partial charge in [0.1, 0.15) is 0 Å². The summed E-state index contributed by atoms with van der Waals surface area (Å²) in [4.78, 5) is 23.6. The van der Waals surface area contributed by atoms with Gasteiger partial charge in [0, 0.05) is 12.5 Å². The largest absolute Gasteiger partial charge is 0.481 e. The predicted molar refractivity (Wildman–Crippen MR) is 76.0 cm³/mol. The predicted octanol–water partition coefficient (Wildman–Crippen LogP) is 1.51. The van der Waals surface area contributed by atoms with Gasteiger partial charge in [-0.3, -0.25) is 9.59 Å². The van der Waals surface area contributed by atoms with Gasteiger partial charge in [-0.25, -0.2) is 0 Å². The lowest BCUT2D eigenvalue weighted by Gasteiger charge is -2.29. The molecule has 0 saturated heterocycles. The zero-order chi connectivity index (χ0) is 14.6. The van der Waals surface area contributed by atoms with E-state index >= 15 is 0 Å². The number of nitrogens with one attached hydrogen (secondary N) is 1. The zero-order valence-corrected chi connectivity index (χ0v) is 12.1. The van der Waals surface area contributed by atoms with E-state index < -0.39 is 11.4 Å². The maximum atomic E-state index is 12.2. The number of hydrogen-bond donors (Lipinski definition) is 3. The molecule has 0 spiro atoms. The van der Waals surface area contributed by atoms with Gasteiger partial charge in [-0.05, 0) is 51.0 Å². The third-order valence-electron chi connectivity index (χ3n) is 5.17. The van der Waals surface area contributed by atoms with Crippen LogP contribution in [0.15, 0.2) is 0 Å². The minimum absolute atomic E-state index is 0.0352. The van der Waals surface area contributed by atoms with Crippen molar-refractivity contribution in [3.8, 4) is 0 Å². The highest BCUT2D eigenvalue weighted by Crippen LogP contribution is 2.38. The molecule has 5 heteroatoms. The van der Waals surface area contributed by atoms with Crippen LogP contribution < -0.4 is 11.1 Å². The summed E-state index contributed by atoms with van der Waals surface area (Å²) in [5, 5.41) is 12.3. The Labute approximate surface area is 120 Å². The second kappa shape index (κ2) is 6.57. The van der Waals surface area contributed by atoms with E-state index in [4.69, 9.17) is 5.73 Å². The van der Waals surface area contributed by atoms with Gasteiger partial charge >= 0.3 is 5.97 Å². The number of carbonyl (C=O) groups excluding carboxylic acids is 1. The third kappa shape index (κ3) is 3.32. The van der Waals surface area contributed by atoms with E-state index in [-0.39, 0.29) is 18.4 Å². The average Bonchev–Trinajstić information content (AvgIpc) is 2.95. The molecule has 0 radical (unpaired) electrons. The molecule has 0 aliphatic heterocycles. The molecule has 2 aliphatic carbocycles. The third-order valence-corrected chi connectivity index (χ3v) is 5.17. The van der Waals surface area contributed by atoms with Crippen molar-refractivity contribution in [1.29, 1.82) is 0 Å². The Balaban J connectivity index is 1.81. The summed E-state index contributed by atoms with van der Waals surface area (Å²) in [6.45, 7) is 0.994. The van der Waals surface area contributed by atoms with Gasteiger partial charge in [-0.1, -0.05) is 12.8 Å². The summed E-state index contributed by atoms with van der Waals surface area (Å²) in [5.41, 5.74) is 4.93. The fourth-order valence-electron chi connectivity index (χ4n) is 3.58. The topological polar surface area (TPSA) is 92.4 Å². The molecule has 2 rings (SSSR count). The molecule has 0 unspecified atom stereocenters. The molecule has 20 heavy (non-hydrogen) atoms. The number of hydrogen-bond acceptors (Lipinski definition) is 3. The van der Waals surface area contributed by atoms with Crippen LogP contribution in [-0.4, -0.2) is 30.1 Å². The van der Waals surface area contributed by atoms with E-state index in [0.29, 0.717) is 25.3 Å². The van der Waals surface area contributed by atoms with Crippen molar-refractivity contribution in [2.24, 2.45) is 23.0 Å². The summed E-state index contributed by atoms with van der Waals surface area (Å²) >= 11 is 0. The minimum atomic E-state index is -0.762. The van der Waals surface area contributed by atoms with Crippen molar-refractivity contribution in [3.05, 3.63) is 0 Å². The van der Waals surface area contributed by atoms with Gasteiger partial charge in [0.05, 0.1) is 5.41 Å². The van der Waals surface area contributed by atoms with Gasteiger partial charge in [0.15, 0.2) is 0 Å². The van der Waals surface area contributed by atoms with Crippen molar-refractivity contribution in [2.75, 3.05) is 13.1 Å². The maximum Gasteiger partial charge on any atom is 0.311 e. The standard InChI is InChI=1S/C15H26N2O3/c16-9-11-3-5-12(6-4-11)13(18)17-10-15(14(19)20)7-1-2-8-15/h11-12H,1-10,16H2,(H,17,18)(H,19,20). The Morgan fingerprint density at radius 1 is 1.15 bits per heavy atom. The summed E-state index contributed by atoms with van der Waals surface area (Å²) in [6, 6.07) is 0. The number of amides is 1. The molecule has 0 aromatic heterocycles. The van der Waals surface area contributed by atoms with Crippen molar-refractivity contribution in [2.45, 2.75) is 51.4 Å². The lowest BCUT2D eigenvalue weighted by molar-refractivity contribution is -0.148. The van der Waals surface area contributed by atoms with E-state index in [2.05, 4.69) is 5.32 Å². The maximum absolute atomic E-state index is 12.2. The lowest BCUT2D eigenvalue weighted by Crippen LogP contribution is -2.43. The second-order valence-electron chi connectivity index (χ2n) is 6.46. The first-order valence-electron chi connectivity index (χ1n) is 7.78. The van der Waals surface area contributed by atoms with Crippen molar-refractivity contribution >= 4 is 11.9 Å². The van der Waals surface area contributed by atoms with Crippen LogP contribution in [0.4, 0.5) is 0 Å². The molecule has 0 heterocycles. The second-order valence-corrected chi connectivity index (χ2v) is 6.46. The fraction of sp³-hybridized carbons (Fsp3) is 0.867.